The fraction of sp³-hybridized carbons (Fsp3) is 0.480. The van der Waals surface area contributed by atoms with Crippen LogP contribution < -0.4 is 5.56 Å². The summed E-state index contributed by atoms with van der Waals surface area (Å²) >= 11 is 1.53. The normalized spacial score (nSPS) is 21.2. The Morgan fingerprint density at radius 3 is 2.73 bits per heavy atom. The van der Waals surface area contributed by atoms with E-state index >= 15 is 0 Å². The standard InChI is InChI=1S/C25H24F3N5O3S/c26-25(27,28)16-8-6-14(7-9-16)21-30-31-22(36-21)15-3-2-10-32(12-15)20(34)11-17-13-37-24-29-19-5-1-4-18(19)23(35)33(17)24/h6-9,15,17H,1-5,10-13H2. The van der Waals surface area contributed by atoms with E-state index in [2.05, 4.69) is 15.2 Å². The summed E-state index contributed by atoms with van der Waals surface area (Å²) in [5.41, 5.74) is 1.35. The molecule has 2 aliphatic heterocycles. The van der Waals surface area contributed by atoms with Crippen molar-refractivity contribution in [3.8, 4) is 11.5 Å². The van der Waals surface area contributed by atoms with Crippen molar-refractivity contribution in [3.63, 3.8) is 0 Å². The Morgan fingerprint density at radius 1 is 1.14 bits per heavy atom. The number of fused-ring (bicyclic) bond motifs is 2. The molecule has 1 saturated heterocycles. The molecule has 0 radical (unpaired) electrons. The maximum Gasteiger partial charge on any atom is 0.416 e. The summed E-state index contributed by atoms with van der Waals surface area (Å²) in [5.74, 6) is 0.967. The Balaban J connectivity index is 1.13. The second kappa shape index (κ2) is 9.30. The fourth-order valence-corrected chi connectivity index (χ4v) is 6.51. The zero-order valence-corrected chi connectivity index (χ0v) is 20.6. The molecule has 1 amide bonds. The van der Waals surface area contributed by atoms with Crippen molar-refractivity contribution >= 4 is 17.7 Å². The van der Waals surface area contributed by atoms with Crippen molar-refractivity contribution in [2.45, 2.75) is 61.8 Å². The molecule has 0 bridgehead atoms. The smallest absolute Gasteiger partial charge is 0.416 e. The van der Waals surface area contributed by atoms with Crippen LogP contribution in [0.3, 0.4) is 0 Å². The predicted octanol–water partition coefficient (Wildman–Crippen LogP) is 4.24. The van der Waals surface area contributed by atoms with Gasteiger partial charge in [0.1, 0.15) is 0 Å². The van der Waals surface area contributed by atoms with Gasteiger partial charge in [-0.25, -0.2) is 4.98 Å². The number of piperidine rings is 1. The first-order valence-electron chi connectivity index (χ1n) is 12.3. The Kier molecular flexibility index (Phi) is 6.09. The van der Waals surface area contributed by atoms with Crippen LogP contribution in [0.5, 0.6) is 0 Å². The molecule has 0 spiro atoms. The van der Waals surface area contributed by atoms with E-state index in [-0.39, 0.29) is 35.7 Å². The maximum atomic E-state index is 13.2. The van der Waals surface area contributed by atoms with Gasteiger partial charge in [-0.15, -0.1) is 10.2 Å². The Morgan fingerprint density at radius 2 is 1.95 bits per heavy atom. The predicted molar refractivity (Wildman–Crippen MR) is 128 cm³/mol. The lowest BCUT2D eigenvalue weighted by atomic mass is 9.97. The van der Waals surface area contributed by atoms with Gasteiger partial charge in [0.2, 0.25) is 17.7 Å². The third-order valence-electron chi connectivity index (χ3n) is 7.31. The number of hydrogen-bond acceptors (Lipinski definition) is 7. The van der Waals surface area contributed by atoms with E-state index in [9.17, 15) is 22.8 Å². The molecular formula is C25H24F3N5O3S. The minimum Gasteiger partial charge on any atom is -0.420 e. The number of halogens is 3. The third kappa shape index (κ3) is 4.55. The number of carbonyl (C=O) groups is 1. The quantitative estimate of drug-likeness (QED) is 0.465. The first kappa shape index (κ1) is 24.2. The molecule has 0 saturated carbocycles. The van der Waals surface area contributed by atoms with E-state index < -0.39 is 11.7 Å². The number of likely N-dealkylation sites (tertiary alicyclic amines) is 1. The van der Waals surface area contributed by atoms with E-state index in [1.165, 1.54) is 23.9 Å². The second-order valence-electron chi connectivity index (χ2n) is 9.72. The molecule has 3 aliphatic rings. The summed E-state index contributed by atoms with van der Waals surface area (Å²) in [6.07, 6.45) is -0.128. The zero-order chi connectivity index (χ0) is 25.7. The number of carbonyl (C=O) groups excluding carboxylic acids is 1. The zero-order valence-electron chi connectivity index (χ0n) is 19.8. The lowest BCUT2D eigenvalue weighted by Crippen LogP contribution is -2.40. The SMILES string of the molecule is O=C(CC1CSc2nc3c(c(=O)n21)CCC3)N1CCCC(c2nnc(-c3ccc(C(F)(F)F)cc3)o2)C1. The van der Waals surface area contributed by atoms with Crippen LogP contribution in [0.1, 0.15) is 60.4 Å². The van der Waals surface area contributed by atoms with Crippen LogP contribution in [-0.2, 0) is 23.8 Å². The number of benzene rings is 1. The van der Waals surface area contributed by atoms with Gasteiger partial charge in [0.05, 0.1) is 23.2 Å². The third-order valence-corrected chi connectivity index (χ3v) is 8.40. The van der Waals surface area contributed by atoms with Crippen LogP contribution in [0.4, 0.5) is 13.2 Å². The van der Waals surface area contributed by atoms with E-state index in [4.69, 9.17) is 4.42 Å². The maximum absolute atomic E-state index is 13.2. The first-order chi connectivity index (χ1) is 17.8. The Labute approximate surface area is 214 Å². The van der Waals surface area contributed by atoms with Gasteiger partial charge >= 0.3 is 6.18 Å². The molecule has 3 aromatic rings. The number of aromatic nitrogens is 4. The topological polar surface area (TPSA) is 94.1 Å². The molecule has 194 valence electrons. The minimum atomic E-state index is -4.42. The van der Waals surface area contributed by atoms with E-state index in [1.807, 2.05) is 0 Å². The van der Waals surface area contributed by atoms with Gasteiger partial charge in [0.15, 0.2) is 5.16 Å². The summed E-state index contributed by atoms with van der Waals surface area (Å²) < 4.78 is 46.0. The van der Waals surface area contributed by atoms with E-state index in [0.717, 1.165) is 55.5 Å². The number of amides is 1. The molecule has 2 aromatic heterocycles. The van der Waals surface area contributed by atoms with Crippen LogP contribution in [0, 0.1) is 0 Å². The first-order valence-corrected chi connectivity index (χ1v) is 13.3. The summed E-state index contributed by atoms with van der Waals surface area (Å²) in [6, 6.07) is 4.36. The van der Waals surface area contributed by atoms with E-state index in [0.29, 0.717) is 35.5 Å². The lowest BCUT2D eigenvalue weighted by Gasteiger charge is -2.32. The molecule has 1 aromatic carbocycles. The van der Waals surface area contributed by atoms with Gasteiger partial charge in [0.25, 0.3) is 5.56 Å². The summed E-state index contributed by atoms with van der Waals surface area (Å²) in [7, 11) is 0. The Hall–Kier alpha value is -3.15. The number of hydrogen-bond donors (Lipinski definition) is 0. The summed E-state index contributed by atoms with van der Waals surface area (Å²) in [5, 5.41) is 8.86. The molecule has 6 rings (SSSR count). The van der Waals surface area contributed by atoms with Crippen molar-refractivity contribution < 1.29 is 22.4 Å². The average molecular weight is 532 g/mol. The minimum absolute atomic E-state index is 0.00141. The average Bonchev–Trinajstić information content (AvgIpc) is 3.64. The van der Waals surface area contributed by atoms with Crippen LogP contribution in [0.25, 0.3) is 11.5 Å². The molecule has 2 atom stereocenters. The number of aryl methyl sites for hydroxylation is 1. The van der Waals surface area contributed by atoms with Gasteiger partial charge in [-0.3, -0.25) is 14.2 Å². The lowest BCUT2D eigenvalue weighted by molar-refractivity contribution is -0.137. The highest BCUT2D eigenvalue weighted by Gasteiger charge is 2.35. The number of thioether (sulfide) groups is 1. The van der Waals surface area contributed by atoms with Gasteiger partial charge in [-0.2, -0.15) is 13.2 Å². The van der Waals surface area contributed by atoms with Crippen LogP contribution in [-0.4, -0.2) is 49.4 Å². The van der Waals surface area contributed by atoms with Crippen molar-refractivity contribution in [1.82, 2.24) is 24.6 Å². The van der Waals surface area contributed by atoms with Gasteiger partial charge in [0, 0.05) is 36.4 Å². The molecule has 37 heavy (non-hydrogen) atoms. The summed E-state index contributed by atoms with van der Waals surface area (Å²) in [6.45, 7) is 1.02. The van der Waals surface area contributed by atoms with Crippen molar-refractivity contribution in [1.29, 1.82) is 0 Å². The molecule has 1 aliphatic carbocycles. The van der Waals surface area contributed by atoms with Gasteiger partial charge in [-0.05, 0) is 56.4 Å². The fourth-order valence-electron chi connectivity index (χ4n) is 5.36. The van der Waals surface area contributed by atoms with E-state index in [1.54, 1.807) is 9.47 Å². The number of rotatable bonds is 4. The molecular weight excluding hydrogens is 507 g/mol. The van der Waals surface area contributed by atoms with Crippen LogP contribution >= 0.6 is 11.8 Å². The highest BCUT2D eigenvalue weighted by atomic mass is 32.2. The molecule has 1 fully saturated rings. The Bertz CT molecular complexity index is 1400. The molecule has 12 heteroatoms. The van der Waals surface area contributed by atoms with Crippen molar-refractivity contribution in [3.05, 3.63) is 57.3 Å². The van der Waals surface area contributed by atoms with Crippen LogP contribution in [0.15, 0.2) is 38.6 Å². The van der Waals surface area contributed by atoms with Crippen LogP contribution in [0.2, 0.25) is 0 Å². The van der Waals surface area contributed by atoms with Gasteiger partial charge in [-0.1, -0.05) is 11.8 Å². The molecule has 4 heterocycles. The number of alkyl halides is 3. The summed E-state index contributed by atoms with van der Waals surface area (Å²) in [4.78, 5) is 32.8. The van der Waals surface area contributed by atoms with Crippen molar-refractivity contribution in [2.75, 3.05) is 18.8 Å². The highest BCUT2D eigenvalue weighted by Crippen LogP contribution is 2.36. The van der Waals surface area contributed by atoms with Gasteiger partial charge < -0.3 is 9.32 Å². The van der Waals surface area contributed by atoms with Crippen molar-refractivity contribution in [2.24, 2.45) is 0 Å². The monoisotopic (exact) mass is 531 g/mol. The number of nitrogens with zero attached hydrogens (tertiary/aromatic N) is 5. The highest BCUT2D eigenvalue weighted by molar-refractivity contribution is 7.99. The molecule has 2 unspecified atom stereocenters. The largest absolute Gasteiger partial charge is 0.420 e. The second-order valence-corrected chi connectivity index (χ2v) is 10.7. The molecule has 0 N–H and O–H groups in total. The molecule has 8 nitrogen and oxygen atoms in total.